The molecule has 0 bridgehead atoms. The lowest BCUT2D eigenvalue weighted by atomic mass is 10.1. The Morgan fingerprint density at radius 1 is 1.07 bits per heavy atom. The first kappa shape index (κ1) is 21.8. The first-order chi connectivity index (χ1) is 14.5. The van der Waals surface area contributed by atoms with Gasteiger partial charge in [0.05, 0.1) is 14.2 Å². The van der Waals surface area contributed by atoms with Gasteiger partial charge in [-0.2, -0.15) is 0 Å². The smallest absolute Gasteiger partial charge is 0.260 e. The van der Waals surface area contributed by atoms with Crippen molar-refractivity contribution in [1.82, 2.24) is 10.2 Å². The van der Waals surface area contributed by atoms with E-state index in [2.05, 4.69) is 17.1 Å². The van der Waals surface area contributed by atoms with Crippen molar-refractivity contribution in [2.24, 2.45) is 0 Å². The van der Waals surface area contributed by atoms with E-state index < -0.39 is 0 Å². The van der Waals surface area contributed by atoms with Crippen LogP contribution in [0.25, 0.3) is 10.6 Å². The van der Waals surface area contributed by atoms with Crippen molar-refractivity contribution < 1.29 is 14.3 Å². The molecule has 0 aliphatic rings. The first-order valence-electron chi connectivity index (χ1n) is 9.93. The summed E-state index contributed by atoms with van der Waals surface area (Å²) >= 11 is 1.42. The molecule has 0 aliphatic heterocycles. The summed E-state index contributed by atoms with van der Waals surface area (Å²) in [6.07, 6.45) is 1.86. The van der Waals surface area contributed by atoms with E-state index in [0.29, 0.717) is 23.0 Å². The van der Waals surface area contributed by atoms with Gasteiger partial charge in [-0.05, 0) is 61.7 Å². The van der Waals surface area contributed by atoms with Gasteiger partial charge in [-0.15, -0.1) is 10.2 Å². The minimum absolute atomic E-state index is 0.104. The molecule has 0 fully saturated rings. The lowest BCUT2D eigenvalue weighted by Gasteiger charge is -2.19. The normalized spacial score (nSPS) is 10.7. The molecule has 1 amide bonds. The number of carbonyl (C=O) groups excluding carboxylic acids is 1. The molecule has 0 radical (unpaired) electrons. The highest BCUT2D eigenvalue weighted by Crippen LogP contribution is 2.34. The van der Waals surface area contributed by atoms with E-state index in [1.54, 1.807) is 31.3 Å². The van der Waals surface area contributed by atoms with Gasteiger partial charge >= 0.3 is 0 Å². The molecule has 3 rings (SSSR count). The summed E-state index contributed by atoms with van der Waals surface area (Å²) in [5.74, 6) is 1.42. The van der Waals surface area contributed by atoms with Gasteiger partial charge in [0.25, 0.3) is 5.91 Å². The Labute approximate surface area is 181 Å². The Morgan fingerprint density at radius 3 is 2.43 bits per heavy atom. The zero-order chi connectivity index (χ0) is 21.7. The van der Waals surface area contributed by atoms with Crippen molar-refractivity contribution in [3.05, 3.63) is 53.1 Å². The molecule has 1 aromatic heterocycles. The minimum atomic E-state index is -0.104. The number of amides is 1. The summed E-state index contributed by atoms with van der Waals surface area (Å²) in [6.45, 7) is 6.71. The van der Waals surface area contributed by atoms with E-state index >= 15 is 0 Å². The number of hydrogen-bond donors (Lipinski definition) is 0. The fraction of sp³-hybridized carbons (Fsp3) is 0.348. The maximum Gasteiger partial charge on any atom is 0.260 e. The van der Waals surface area contributed by atoms with Crippen molar-refractivity contribution >= 4 is 22.4 Å². The predicted octanol–water partition coefficient (Wildman–Crippen LogP) is 5.29. The predicted molar refractivity (Wildman–Crippen MR) is 121 cm³/mol. The summed E-state index contributed by atoms with van der Waals surface area (Å²) in [5, 5.41) is 10.1. The van der Waals surface area contributed by atoms with Crippen LogP contribution >= 0.6 is 11.3 Å². The van der Waals surface area contributed by atoms with Crippen molar-refractivity contribution in [3.63, 3.8) is 0 Å². The van der Waals surface area contributed by atoms with Crippen LogP contribution in [0.4, 0.5) is 5.13 Å². The van der Waals surface area contributed by atoms with Gasteiger partial charge in [0.15, 0.2) is 0 Å². The maximum atomic E-state index is 13.2. The molecule has 3 aromatic rings. The highest BCUT2D eigenvalue weighted by Gasteiger charge is 2.22. The van der Waals surface area contributed by atoms with Crippen LogP contribution in [-0.2, 0) is 0 Å². The van der Waals surface area contributed by atoms with Crippen molar-refractivity contribution in [2.45, 2.75) is 33.6 Å². The first-order valence-corrected chi connectivity index (χ1v) is 10.7. The van der Waals surface area contributed by atoms with Gasteiger partial charge in [0.2, 0.25) is 5.13 Å². The van der Waals surface area contributed by atoms with E-state index in [-0.39, 0.29) is 5.91 Å². The van der Waals surface area contributed by atoms with Gasteiger partial charge in [0.1, 0.15) is 16.5 Å². The second kappa shape index (κ2) is 9.71. The van der Waals surface area contributed by atoms with Crippen LogP contribution in [-0.4, -0.2) is 36.9 Å². The zero-order valence-electron chi connectivity index (χ0n) is 18.1. The lowest BCUT2D eigenvalue weighted by molar-refractivity contribution is 0.0986. The van der Waals surface area contributed by atoms with E-state index in [1.807, 2.05) is 38.1 Å². The molecular formula is C23H27N3O3S. The van der Waals surface area contributed by atoms with E-state index in [4.69, 9.17) is 9.47 Å². The third-order valence-electron chi connectivity index (χ3n) is 4.85. The monoisotopic (exact) mass is 425 g/mol. The Bertz CT molecular complexity index is 1010. The van der Waals surface area contributed by atoms with Crippen molar-refractivity contribution in [3.8, 4) is 22.1 Å². The lowest BCUT2D eigenvalue weighted by Crippen LogP contribution is -2.31. The van der Waals surface area contributed by atoms with Crippen LogP contribution < -0.4 is 14.4 Å². The number of anilines is 1. The molecule has 158 valence electrons. The second-order valence-corrected chi connectivity index (χ2v) is 8.03. The molecular weight excluding hydrogens is 398 g/mol. The zero-order valence-corrected chi connectivity index (χ0v) is 18.9. The number of hydrogen-bond acceptors (Lipinski definition) is 6. The van der Waals surface area contributed by atoms with Gasteiger partial charge in [-0.25, -0.2) is 0 Å². The molecule has 0 aliphatic carbocycles. The fourth-order valence-corrected chi connectivity index (χ4v) is 4.21. The van der Waals surface area contributed by atoms with Crippen LogP contribution in [0.2, 0.25) is 0 Å². The van der Waals surface area contributed by atoms with Crippen LogP contribution in [0.15, 0.2) is 36.4 Å². The molecule has 0 saturated heterocycles. The summed E-state index contributed by atoms with van der Waals surface area (Å²) < 4.78 is 10.7. The van der Waals surface area contributed by atoms with Gasteiger partial charge in [0, 0.05) is 17.7 Å². The quantitative estimate of drug-likeness (QED) is 0.491. The van der Waals surface area contributed by atoms with Crippen LogP contribution in [0.5, 0.6) is 11.5 Å². The summed E-state index contributed by atoms with van der Waals surface area (Å²) in [4.78, 5) is 15.0. The summed E-state index contributed by atoms with van der Waals surface area (Å²) in [6, 6.07) is 11.3. The second-order valence-electron chi connectivity index (χ2n) is 7.08. The number of carbonyl (C=O) groups is 1. The number of benzene rings is 2. The average Bonchev–Trinajstić information content (AvgIpc) is 3.23. The molecule has 2 aromatic carbocycles. The minimum Gasteiger partial charge on any atom is -0.497 e. The molecule has 0 saturated carbocycles. The Morgan fingerprint density at radius 2 is 1.80 bits per heavy atom. The maximum absolute atomic E-state index is 13.2. The Hall–Kier alpha value is -2.93. The number of ether oxygens (including phenoxy) is 2. The average molecular weight is 426 g/mol. The van der Waals surface area contributed by atoms with Gasteiger partial charge < -0.3 is 9.47 Å². The standard InChI is InChI=1S/C23H27N3O3S/c1-6-7-11-26(22(27)17-9-8-10-19(14-17)28-4)23-25-24-21(30-23)18-12-15(2)20(29-5)16(3)13-18/h8-10,12-14H,6-7,11H2,1-5H3. The highest BCUT2D eigenvalue weighted by atomic mass is 32.1. The number of unbranched alkanes of at least 4 members (excludes halogenated alkanes) is 1. The van der Waals surface area contributed by atoms with Gasteiger partial charge in [-0.1, -0.05) is 30.7 Å². The fourth-order valence-electron chi connectivity index (χ4n) is 3.35. The Kier molecular flexibility index (Phi) is 7.05. The van der Waals surface area contributed by atoms with E-state index in [0.717, 1.165) is 40.3 Å². The molecule has 0 N–H and O–H groups in total. The topological polar surface area (TPSA) is 64.6 Å². The molecule has 0 atom stereocenters. The summed E-state index contributed by atoms with van der Waals surface area (Å²) in [5.41, 5.74) is 3.62. The number of aromatic nitrogens is 2. The number of aryl methyl sites for hydroxylation is 2. The van der Waals surface area contributed by atoms with Crippen LogP contribution in [0.1, 0.15) is 41.3 Å². The number of rotatable bonds is 8. The molecule has 6 nitrogen and oxygen atoms in total. The largest absolute Gasteiger partial charge is 0.497 e. The summed E-state index contributed by atoms with van der Waals surface area (Å²) in [7, 11) is 3.27. The molecule has 0 spiro atoms. The SMILES string of the molecule is CCCCN(C(=O)c1cccc(OC)c1)c1nnc(-c2cc(C)c(OC)c(C)c2)s1. The molecule has 7 heteroatoms. The highest BCUT2D eigenvalue weighted by molar-refractivity contribution is 7.18. The van der Waals surface area contributed by atoms with Crippen LogP contribution in [0.3, 0.4) is 0 Å². The van der Waals surface area contributed by atoms with Crippen LogP contribution in [0, 0.1) is 13.8 Å². The molecule has 1 heterocycles. The van der Waals surface area contributed by atoms with Gasteiger partial charge in [-0.3, -0.25) is 9.69 Å². The van der Waals surface area contributed by atoms with Crippen molar-refractivity contribution in [1.29, 1.82) is 0 Å². The Balaban J connectivity index is 1.94. The molecule has 30 heavy (non-hydrogen) atoms. The third kappa shape index (κ3) is 4.62. The number of nitrogens with zero attached hydrogens (tertiary/aromatic N) is 3. The van der Waals surface area contributed by atoms with E-state index in [9.17, 15) is 4.79 Å². The third-order valence-corrected chi connectivity index (χ3v) is 5.85. The van der Waals surface area contributed by atoms with E-state index in [1.165, 1.54) is 11.3 Å². The number of methoxy groups -OCH3 is 2. The van der Waals surface area contributed by atoms with Crippen molar-refractivity contribution in [2.75, 3.05) is 25.7 Å². The molecule has 0 unspecified atom stereocenters.